The van der Waals surface area contributed by atoms with E-state index < -0.39 is 0 Å². The van der Waals surface area contributed by atoms with Gasteiger partial charge in [0.15, 0.2) is 0 Å². The Kier molecular flexibility index (Phi) is 5.88. The number of allylic oxidation sites excluding steroid dienone is 2. The van der Waals surface area contributed by atoms with Crippen molar-refractivity contribution in [2.75, 3.05) is 13.6 Å². The van der Waals surface area contributed by atoms with Gasteiger partial charge in [0.1, 0.15) is 11.1 Å². The first kappa shape index (κ1) is 20.6. The molecule has 0 radical (unpaired) electrons. The molecule has 30 heavy (non-hydrogen) atoms. The van der Waals surface area contributed by atoms with E-state index in [1.165, 1.54) is 11.1 Å². The van der Waals surface area contributed by atoms with Crippen molar-refractivity contribution in [3.8, 4) is 0 Å². The van der Waals surface area contributed by atoms with Crippen LogP contribution in [0.1, 0.15) is 33.7 Å². The second kappa shape index (κ2) is 8.58. The zero-order valence-electron chi connectivity index (χ0n) is 17.1. The predicted octanol–water partition coefficient (Wildman–Crippen LogP) is 5.35. The molecule has 1 unspecified atom stereocenters. The van der Waals surface area contributed by atoms with Crippen molar-refractivity contribution in [3.05, 3.63) is 93.9 Å². The molecule has 2 N–H and O–H groups in total. The van der Waals surface area contributed by atoms with Crippen LogP contribution in [0, 0.1) is 13.8 Å². The molecule has 7 heteroatoms. The third kappa shape index (κ3) is 4.25. The lowest BCUT2D eigenvalue weighted by molar-refractivity contribution is 0.381. The van der Waals surface area contributed by atoms with E-state index in [1.54, 1.807) is 11.8 Å². The SMILES string of the molecule is Cc1ccc(SC(c2ccc(Cl)cc2)c2nc(C3=C(N)N(C)CC=C3)no2)cc1C. The Morgan fingerprint density at radius 3 is 2.63 bits per heavy atom. The van der Waals surface area contributed by atoms with E-state index in [0.29, 0.717) is 22.6 Å². The van der Waals surface area contributed by atoms with Crippen molar-refractivity contribution in [2.24, 2.45) is 5.73 Å². The van der Waals surface area contributed by atoms with E-state index in [-0.39, 0.29) is 5.25 Å². The lowest BCUT2D eigenvalue weighted by Crippen LogP contribution is -2.27. The van der Waals surface area contributed by atoms with Gasteiger partial charge >= 0.3 is 0 Å². The average Bonchev–Trinajstić information content (AvgIpc) is 3.21. The number of rotatable bonds is 5. The first-order chi connectivity index (χ1) is 14.4. The minimum atomic E-state index is -0.169. The highest BCUT2D eigenvalue weighted by Gasteiger charge is 2.25. The summed E-state index contributed by atoms with van der Waals surface area (Å²) in [6.45, 7) is 4.98. The molecule has 0 bridgehead atoms. The zero-order valence-corrected chi connectivity index (χ0v) is 18.7. The summed E-state index contributed by atoms with van der Waals surface area (Å²) in [7, 11) is 1.94. The minimum absolute atomic E-state index is 0.169. The molecule has 1 aromatic heterocycles. The van der Waals surface area contributed by atoms with Crippen molar-refractivity contribution in [1.29, 1.82) is 0 Å². The second-order valence-electron chi connectivity index (χ2n) is 7.33. The summed E-state index contributed by atoms with van der Waals surface area (Å²) in [6, 6.07) is 14.2. The molecule has 0 saturated heterocycles. The number of halogens is 1. The molecule has 5 nitrogen and oxygen atoms in total. The van der Waals surface area contributed by atoms with Crippen LogP contribution in [0.15, 0.2) is 69.9 Å². The molecule has 0 amide bonds. The molecule has 0 aliphatic carbocycles. The monoisotopic (exact) mass is 438 g/mol. The van der Waals surface area contributed by atoms with E-state index in [9.17, 15) is 0 Å². The fourth-order valence-corrected chi connectivity index (χ4v) is 4.46. The van der Waals surface area contributed by atoms with E-state index in [4.69, 9.17) is 26.8 Å². The van der Waals surface area contributed by atoms with Crippen LogP contribution < -0.4 is 5.73 Å². The molecule has 0 spiro atoms. The summed E-state index contributed by atoms with van der Waals surface area (Å²) >= 11 is 7.78. The van der Waals surface area contributed by atoms with Crippen LogP contribution in [0.4, 0.5) is 0 Å². The Bertz CT molecular complexity index is 1120. The van der Waals surface area contributed by atoms with Crippen LogP contribution in [-0.4, -0.2) is 28.6 Å². The van der Waals surface area contributed by atoms with Gasteiger partial charge in [-0.25, -0.2) is 0 Å². The molecule has 3 aromatic rings. The van der Waals surface area contributed by atoms with E-state index >= 15 is 0 Å². The molecule has 1 atom stereocenters. The van der Waals surface area contributed by atoms with Gasteiger partial charge in [-0.3, -0.25) is 0 Å². The Balaban J connectivity index is 1.72. The molecule has 0 fully saturated rings. The smallest absolute Gasteiger partial charge is 0.244 e. The van der Waals surface area contributed by atoms with Crippen LogP contribution in [0.2, 0.25) is 5.02 Å². The average molecular weight is 439 g/mol. The summed E-state index contributed by atoms with van der Waals surface area (Å²) in [4.78, 5) is 7.79. The number of hydrogen-bond donors (Lipinski definition) is 1. The van der Waals surface area contributed by atoms with Crippen molar-refractivity contribution in [3.63, 3.8) is 0 Å². The van der Waals surface area contributed by atoms with Gasteiger partial charge in [-0.2, -0.15) is 4.98 Å². The summed E-state index contributed by atoms with van der Waals surface area (Å²) in [5, 5.41) is 4.74. The van der Waals surface area contributed by atoms with E-state index in [2.05, 4.69) is 37.2 Å². The number of benzene rings is 2. The Labute approximate surface area is 185 Å². The number of aryl methyl sites for hydroxylation is 2. The van der Waals surface area contributed by atoms with Crippen molar-refractivity contribution >= 4 is 28.9 Å². The van der Waals surface area contributed by atoms with Gasteiger partial charge in [0.2, 0.25) is 11.7 Å². The number of likely N-dealkylation sites (N-methyl/N-ethyl adjacent to an activating group) is 1. The van der Waals surface area contributed by atoms with Crippen LogP contribution >= 0.6 is 23.4 Å². The molecule has 1 aliphatic heterocycles. The lowest BCUT2D eigenvalue weighted by Gasteiger charge is -2.22. The molecule has 0 saturated carbocycles. The number of nitrogens with two attached hydrogens (primary N) is 1. The zero-order chi connectivity index (χ0) is 21.3. The first-order valence-corrected chi connectivity index (χ1v) is 10.9. The molecule has 2 heterocycles. The topological polar surface area (TPSA) is 68.2 Å². The van der Waals surface area contributed by atoms with Gasteiger partial charge < -0.3 is 15.2 Å². The van der Waals surface area contributed by atoms with Crippen LogP contribution in [0.25, 0.3) is 5.57 Å². The van der Waals surface area contributed by atoms with Crippen LogP contribution in [0.3, 0.4) is 0 Å². The largest absolute Gasteiger partial charge is 0.385 e. The summed E-state index contributed by atoms with van der Waals surface area (Å²) in [5.41, 5.74) is 10.5. The highest BCUT2D eigenvalue weighted by molar-refractivity contribution is 7.99. The molecule has 2 aromatic carbocycles. The van der Waals surface area contributed by atoms with Crippen molar-refractivity contribution in [1.82, 2.24) is 15.0 Å². The fourth-order valence-electron chi connectivity index (χ4n) is 3.18. The second-order valence-corrected chi connectivity index (χ2v) is 8.95. The Hall–Kier alpha value is -2.70. The maximum absolute atomic E-state index is 6.23. The molecular weight excluding hydrogens is 416 g/mol. The van der Waals surface area contributed by atoms with Crippen molar-refractivity contribution in [2.45, 2.75) is 24.0 Å². The lowest BCUT2D eigenvalue weighted by atomic mass is 10.1. The van der Waals surface area contributed by atoms with Crippen LogP contribution in [-0.2, 0) is 0 Å². The quantitative estimate of drug-likeness (QED) is 0.541. The summed E-state index contributed by atoms with van der Waals surface area (Å²) < 4.78 is 5.72. The van der Waals surface area contributed by atoms with Gasteiger partial charge in [0, 0.05) is 23.5 Å². The normalized spacial score (nSPS) is 15.0. The van der Waals surface area contributed by atoms with Crippen molar-refractivity contribution < 1.29 is 4.52 Å². The van der Waals surface area contributed by atoms with Gasteiger partial charge in [0.05, 0.1) is 5.57 Å². The molecular formula is C23H23ClN4OS. The summed E-state index contributed by atoms with van der Waals surface area (Å²) in [6.07, 6.45) is 3.97. The minimum Gasteiger partial charge on any atom is -0.385 e. The van der Waals surface area contributed by atoms with Gasteiger partial charge in [0.25, 0.3) is 0 Å². The van der Waals surface area contributed by atoms with Gasteiger partial charge in [-0.05, 0) is 60.9 Å². The van der Waals surface area contributed by atoms with Gasteiger partial charge in [-0.15, -0.1) is 11.8 Å². The van der Waals surface area contributed by atoms with Gasteiger partial charge in [-0.1, -0.05) is 41.0 Å². The highest BCUT2D eigenvalue weighted by atomic mass is 35.5. The third-order valence-electron chi connectivity index (χ3n) is 5.16. The maximum Gasteiger partial charge on any atom is 0.244 e. The Morgan fingerprint density at radius 1 is 1.13 bits per heavy atom. The highest BCUT2D eigenvalue weighted by Crippen LogP contribution is 2.41. The maximum atomic E-state index is 6.23. The predicted molar refractivity (Wildman–Crippen MR) is 122 cm³/mol. The number of nitrogens with zero attached hydrogens (tertiary/aromatic N) is 3. The first-order valence-electron chi connectivity index (χ1n) is 9.63. The summed E-state index contributed by atoms with van der Waals surface area (Å²) in [5.74, 6) is 1.65. The van der Waals surface area contributed by atoms with Crippen LogP contribution in [0.5, 0.6) is 0 Å². The molecule has 4 rings (SSSR count). The number of hydrogen-bond acceptors (Lipinski definition) is 6. The molecule has 154 valence electrons. The fraction of sp³-hybridized carbons (Fsp3) is 0.217. The van der Waals surface area contributed by atoms with E-state index in [0.717, 1.165) is 22.6 Å². The Morgan fingerprint density at radius 2 is 1.90 bits per heavy atom. The number of thioether (sulfide) groups is 1. The van der Waals surface area contributed by atoms with E-state index in [1.807, 2.05) is 48.4 Å². The molecule has 1 aliphatic rings. The standard InChI is InChI=1S/C23H23ClN4OS/c1-14-6-11-18(13-15(14)2)30-20(16-7-9-17(24)10-8-16)23-26-22(27-29-23)19-5-4-12-28(3)21(19)25/h4-11,13,20H,12,25H2,1-3H3. The third-order valence-corrected chi connectivity index (χ3v) is 6.65. The number of aromatic nitrogens is 2.